The van der Waals surface area contributed by atoms with Crippen LogP contribution in [-0.4, -0.2) is 21.9 Å². The van der Waals surface area contributed by atoms with E-state index in [1.807, 2.05) is 0 Å². The van der Waals surface area contributed by atoms with Gasteiger partial charge >= 0.3 is 0 Å². The Bertz CT molecular complexity index is 183. The SMILES string of the molecule is CC(C)(C)CC[C@]1(O)CCCC(O)C1. The van der Waals surface area contributed by atoms with Crippen LogP contribution in [0.5, 0.6) is 0 Å². The normalized spacial score (nSPS) is 34.5. The van der Waals surface area contributed by atoms with E-state index >= 15 is 0 Å². The van der Waals surface area contributed by atoms with Crippen LogP contribution in [0.25, 0.3) is 0 Å². The predicted molar refractivity (Wildman–Crippen MR) is 58.1 cm³/mol. The van der Waals surface area contributed by atoms with E-state index in [2.05, 4.69) is 20.8 Å². The van der Waals surface area contributed by atoms with Crippen LogP contribution in [-0.2, 0) is 0 Å². The van der Waals surface area contributed by atoms with Gasteiger partial charge in [0.1, 0.15) is 0 Å². The Morgan fingerprint density at radius 2 is 2.00 bits per heavy atom. The number of hydrogen-bond donors (Lipinski definition) is 2. The fourth-order valence-electron chi connectivity index (χ4n) is 2.14. The van der Waals surface area contributed by atoms with Crippen molar-refractivity contribution in [3.05, 3.63) is 0 Å². The van der Waals surface area contributed by atoms with Gasteiger partial charge in [0.2, 0.25) is 0 Å². The maximum atomic E-state index is 10.2. The van der Waals surface area contributed by atoms with Gasteiger partial charge in [-0.3, -0.25) is 0 Å². The fourth-order valence-corrected chi connectivity index (χ4v) is 2.14. The molecule has 84 valence electrons. The van der Waals surface area contributed by atoms with E-state index in [0.717, 1.165) is 32.1 Å². The summed E-state index contributed by atoms with van der Waals surface area (Å²) in [4.78, 5) is 0. The molecule has 0 amide bonds. The second-order valence-electron chi connectivity index (χ2n) is 6.04. The Morgan fingerprint density at radius 1 is 1.36 bits per heavy atom. The lowest BCUT2D eigenvalue weighted by atomic mass is 9.76. The summed E-state index contributed by atoms with van der Waals surface area (Å²) in [6, 6.07) is 0. The molecule has 0 aliphatic heterocycles. The molecule has 2 atom stereocenters. The molecule has 1 rings (SSSR count). The molecular weight excluding hydrogens is 176 g/mol. The van der Waals surface area contributed by atoms with Gasteiger partial charge in [-0.2, -0.15) is 0 Å². The molecule has 2 N–H and O–H groups in total. The Hall–Kier alpha value is -0.0800. The molecular formula is C12H24O2. The molecule has 2 heteroatoms. The van der Waals surface area contributed by atoms with Crippen LogP contribution in [0.15, 0.2) is 0 Å². The van der Waals surface area contributed by atoms with E-state index in [1.54, 1.807) is 0 Å². The molecule has 1 aliphatic rings. The van der Waals surface area contributed by atoms with Gasteiger partial charge in [0.25, 0.3) is 0 Å². The predicted octanol–water partition coefficient (Wildman–Crippen LogP) is 2.48. The third kappa shape index (κ3) is 3.97. The highest BCUT2D eigenvalue weighted by Crippen LogP contribution is 2.35. The molecule has 0 spiro atoms. The first kappa shape index (κ1) is 12.0. The average molecular weight is 200 g/mol. The first-order valence-electron chi connectivity index (χ1n) is 5.71. The Morgan fingerprint density at radius 3 is 2.50 bits per heavy atom. The molecule has 14 heavy (non-hydrogen) atoms. The van der Waals surface area contributed by atoms with Gasteiger partial charge in [-0.15, -0.1) is 0 Å². The smallest absolute Gasteiger partial charge is 0.0672 e. The van der Waals surface area contributed by atoms with E-state index in [1.165, 1.54) is 0 Å². The highest BCUT2D eigenvalue weighted by atomic mass is 16.3. The molecule has 0 aromatic rings. The second-order valence-corrected chi connectivity index (χ2v) is 6.04. The Kier molecular flexibility index (Phi) is 3.59. The van der Waals surface area contributed by atoms with Crippen molar-refractivity contribution in [2.24, 2.45) is 5.41 Å². The van der Waals surface area contributed by atoms with E-state index < -0.39 is 5.60 Å². The van der Waals surface area contributed by atoms with Gasteiger partial charge in [0, 0.05) is 6.42 Å². The summed E-state index contributed by atoms with van der Waals surface area (Å²) >= 11 is 0. The zero-order valence-corrected chi connectivity index (χ0v) is 9.71. The number of aliphatic hydroxyl groups excluding tert-OH is 1. The number of rotatable bonds is 2. The third-order valence-electron chi connectivity index (χ3n) is 3.14. The molecule has 0 radical (unpaired) electrons. The summed E-state index contributed by atoms with van der Waals surface area (Å²) in [5.74, 6) is 0. The van der Waals surface area contributed by atoms with Crippen LogP contribution < -0.4 is 0 Å². The van der Waals surface area contributed by atoms with Crippen molar-refractivity contribution in [2.45, 2.75) is 71.0 Å². The Balaban J connectivity index is 2.41. The molecule has 2 nitrogen and oxygen atoms in total. The first-order chi connectivity index (χ1) is 6.31. The molecule has 1 fully saturated rings. The second kappa shape index (κ2) is 4.19. The molecule has 1 unspecified atom stereocenters. The summed E-state index contributed by atoms with van der Waals surface area (Å²) in [6.07, 6.45) is 4.82. The van der Waals surface area contributed by atoms with E-state index in [-0.39, 0.29) is 11.5 Å². The van der Waals surface area contributed by atoms with Crippen molar-refractivity contribution >= 4 is 0 Å². The first-order valence-corrected chi connectivity index (χ1v) is 5.71. The maximum absolute atomic E-state index is 10.2. The topological polar surface area (TPSA) is 40.5 Å². The zero-order valence-electron chi connectivity index (χ0n) is 9.71. The largest absolute Gasteiger partial charge is 0.393 e. The summed E-state index contributed by atoms with van der Waals surface area (Å²) in [7, 11) is 0. The van der Waals surface area contributed by atoms with Crippen LogP contribution in [0, 0.1) is 5.41 Å². The highest BCUT2D eigenvalue weighted by molar-refractivity contribution is 4.87. The minimum Gasteiger partial charge on any atom is -0.393 e. The molecule has 0 aromatic carbocycles. The van der Waals surface area contributed by atoms with Crippen molar-refractivity contribution in [3.63, 3.8) is 0 Å². The van der Waals surface area contributed by atoms with Gasteiger partial charge in [-0.25, -0.2) is 0 Å². The summed E-state index contributed by atoms with van der Waals surface area (Å²) in [5.41, 5.74) is -0.316. The van der Waals surface area contributed by atoms with Crippen molar-refractivity contribution in [1.29, 1.82) is 0 Å². The third-order valence-corrected chi connectivity index (χ3v) is 3.14. The number of aliphatic hydroxyl groups is 2. The standard InChI is InChI=1S/C12H24O2/c1-11(2,3)7-8-12(14)6-4-5-10(13)9-12/h10,13-14H,4-9H2,1-3H3/t10?,12-/m1/s1. The minimum absolute atomic E-state index is 0.276. The van der Waals surface area contributed by atoms with Crippen LogP contribution in [0.3, 0.4) is 0 Å². The summed E-state index contributed by atoms with van der Waals surface area (Å²) in [5, 5.41) is 19.8. The summed E-state index contributed by atoms with van der Waals surface area (Å²) < 4.78 is 0. The Labute approximate surface area is 87.3 Å². The van der Waals surface area contributed by atoms with Crippen molar-refractivity contribution in [3.8, 4) is 0 Å². The van der Waals surface area contributed by atoms with Crippen LogP contribution in [0.2, 0.25) is 0 Å². The van der Waals surface area contributed by atoms with Gasteiger partial charge in [-0.1, -0.05) is 20.8 Å². The average Bonchev–Trinajstić information content (AvgIpc) is 1.99. The molecule has 0 aromatic heterocycles. The lowest BCUT2D eigenvalue weighted by molar-refractivity contribution is -0.0559. The van der Waals surface area contributed by atoms with Crippen molar-refractivity contribution in [2.75, 3.05) is 0 Å². The van der Waals surface area contributed by atoms with Gasteiger partial charge < -0.3 is 10.2 Å². The maximum Gasteiger partial charge on any atom is 0.0672 e. The molecule has 0 bridgehead atoms. The molecule has 1 saturated carbocycles. The highest BCUT2D eigenvalue weighted by Gasteiger charge is 2.34. The van der Waals surface area contributed by atoms with Crippen LogP contribution in [0.1, 0.15) is 59.3 Å². The quantitative estimate of drug-likeness (QED) is 0.719. The van der Waals surface area contributed by atoms with Gasteiger partial charge in [0.15, 0.2) is 0 Å². The fraction of sp³-hybridized carbons (Fsp3) is 1.00. The molecule has 1 aliphatic carbocycles. The van der Waals surface area contributed by atoms with Gasteiger partial charge in [-0.05, 0) is 37.5 Å². The van der Waals surface area contributed by atoms with E-state index in [0.29, 0.717) is 6.42 Å². The number of hydrogen-bond acceptors (Lipinski definition) is 2. The lowest BCUT2D eigenvalue weighted by Gasteiger charge is -2.36. The lowest BCUT2D eigenvalue weighted by Crippen LogP contribution is -2.38. The van der Waals surface area contributed by atoms with Crippen LogP contribution >= 0.6 is 0 Å². The van der Waals surface area contributed by atoms with Crippen molar-refractivity contribution in [1.82, 2.24) is 0 Å². The molecule has 0 heterocycles. The zero-order chi connectivity index (χ0) is 10.8. The van der Waals surface area contributed by atoms with E-state index in [9.17, 15) is 10.2 Å². The molecule has 0 saturated heterocycles. The van der Waals surface area contributed by atoms with Crippen molar-refractivity contribution < 1.29 is 10.2 Å². The van der Waals surface area contributed by atoms with Gasteiger partial charge in [0.05, 0.1) is 11.7 Å². The van der Waals surface area contributed by atoms with E-state index in [4.69, 9.17) is 0 Å². The van der Waals surface area contributed by atoms with Crippen LogP contribution in [0.4, 0.5) is 0 Å². The monoisotopic (exact) mass is 200 g/mol. The minimum atomic E-state index is -0.592. The summed E-state index contributed by atoms with van der Waals surface area (Å²) in [6.45, 7) is 6.57.